The molecule has 3 aliphatic rings. The maximum Gasteiger partial charge on any atom is 0.283 e. The molecule has 1 fully saturated rings. The van der Waals surface area contributed by atoms with Crippen molar-refractivity contribution in [3.8, 4) is 5.69 Å². The highest BCUT2D eigenvalue weighted by molar-refractivity contribution is 8.26. The molecule has 0 unspecified atom stereocenters. The number of thioether (sulfide) groups is 1. The maximum atomic E-state index is 12.8. The van der Waals surface area contributed by atoms with Crippen LogP contribution in [0.4, 0.5) is 0 Å². The SMILES string of the molecule is Cc1ccc(-n2c(C)cc(/C=C3/C(=N)N4N=C(N5CCOCC5)SC4=NC3=O)c2C)cc1. The number of aryl methyl sites for hydroxylation is 2. The molecule has 0 radical (unpaired) electrons. The van der Waals surface area contributed by atoms with E-state index in [0.29, 0.717) is 18.4 Å². The number of aromatic nitrogens is 1. The molecule has 1 amide bonds. The minimum Gasteiger partial charge on any atom is -0.378 e. The Morgan fingerprint density at radius 2 is 1.81 bits per heavy atom. The van der Waals surface area contributed by atoms with E-state index in [1.165, 1.54) is 22.3 Å². The number of amides is 1. The van der Waals surface area contributed by atoms with Crippen LogP contribution < -0.4 is 0 Å². The number of morpholine rings is 1. The van der Waals surface area contributed by atoms with Crippen molar-refractivity contribution < 1.29 is 9.53 Å². The number of nitrogens with one attached hydrogen (secondary N) is 1. The molecule has 0 saturated carbocycles. The van der Waals surface area contributed by atoms with Crippen molar-refractivity contribution in [2.24, 2.45) is 10.1 Å². The molecular formula is C23H24N6O2S. The highest BCUT2D eigenvalue weighted by Gasteiger charge is 2.37. The molecule has 32 heavy (non-hydrogen) atoms. The molecule has 4 heterocycles. The van der Waals surface area contributed by atoms with E-state index in [1.54, 1.807) is 6.08 Å². The Kier molecular flexibility index (Phi) is 5.22. The predicted octanol–water partition coefficient (Wildman–Crippen LogP) is 3.31. The minimum atomic E-state index is -0.410. The quantitative estimate of drug-likeness (QED) is 0.713. The van der Waals surface area contributed by atoms with Gasteiger partial charge in [0.05, 0.1) is 18.8 Å². The summed E-state index contributed by atoms with van der Waals surface area (Å²) in [7, 11) is 0. The van der Waals surface area contributed by atoms with Crippen molar-refractivity contribution in [3.05, 3.63) is 58.4 Å². The molecule has 0 atom stereocenters. The first-order valence-corrected chi connectivity index (χ1v) is 11.3. The second-order valence-corrected chi connectivity index (χ2v) is 8.93. The van der Waals surface area contributed by atoms with Crippen LogP contribution in [0.2, 0.25) is 0 Å². The summed E-state index contributed by atoms with van der Waals surface area (Å²) in [6.45, 7) is 8.88. The maximum absolute atomic E-state index is 12.8. The predicted molar refractivity (Wildman–Crippen MR) is 127 cm³/mol. The van der Waals surface area contributed by atoms with Crippen molar-refractivity contribution in [2.45, 2.75) is 20.8 Å². The zero-order valence-corrected chi connectivity index (χ0v) is 19.1. The lowest BCUT2D eigenvalue weighted by molar-refractivity contribution is -0.114. The highest BCUT2D eigenvalue weighted by Crippen LogP contribution is 2.31. The molecule has 0 spiro atoms. The van der Waals surface area contributed by atoms with E-state index in [-0.39, 0.29) is 11.4 Å². The van der Waals surface area contributed by atoms with Crippen molar-refractivity contribution in [1.82, 2.24) is 14.5 Å². The number of rotatable bonds is 2. The molecule has 0 bridgehead atoms. The number of ether oxygens (including phenoxy) is 1. The number of carbonyl (C=O) groups is 1. The summed E-state index contributed by atoms with van der Waals surface area (Å²) in [4.78, 5) is 19.1. The Labute approximate surface area is 190 Å². The molecule has 1 saturated heterocycles. The fourth-order valence-electron chi connectivity index (χ4n) is 4.04. The smallest absolute Gasteiger partial charge is 0.283 e. The summed E-state index contributed by atoms with van der Waals surface area (Å²) >= 11 is 1.33. The van der Waals surface area contributed by atoms with Gasteiger partial charge in [-0.2, -0.15) is 10.0 Å². The number of carbonyl (C=O) groups excluding carboxylic acids is 1. The van der Waals surface area contributed by atoms with Gasteiger partial charge >= 0.3 is 0 Å². The summed E-state index contributed by atoms with van der Waals surface area (Å²) in [6.07, 6.45) is 1.75. The number of nitrogens with zero attached hydrogens (tertiary/aromatic N) is 5. The Balaban J connectivity index is 1.47. The Bertz CT molecular complexity index is 1200. The zero-order chi connectivity index (χ0) is 22.4. The first-order chi connectivity index (χ1) is 15.4. The van der Waals surface area contributed by atoms with Gasteiger partial charge in [-0.1, -0.05) is 17.7 Å². The molecule has 8 nitrogen and oxygen atoms in total. The molecule has 9 heteroatoms. The van der Waals surface area contributed by atoms with Crippen LogP contribution >= 0.6 is 11.8 Å². The van der Waals surface area contributed by atoms with Gasteiger partial charge in [0.1, 0.15) is 0 Å². The molecule has 164 valence electrons. The average molecular weight is 449 g/mol. The lowest BCUT2D eigenvalue weighted by Gasteiger charge is -2.26. The van der Waals surface area contributed by atoms with Crippen LogP contribution in [0.15, 0.2) is 46.0 Å². The van der Waals surface area contributed by atoms with Crippen LogP contribution in [0.1, 0.15) is 22.5 Å². The van der Waals surface area contributed by atoms with E-state index >= 15 is 0 Å². The van der Waals surface area contributed by atoms with Gasteiger partial charge in [-0.15, -0.1) is 5.10 Å². The highest BCUT2D eigenvalue weighted by atomic mass is 32.2. The molecule has 3 aliphatic heterocycles. The van der Waals surface area contributed by atoms with Crippen molar-refractivity contribution in [1.29, 1.82) is 5.41 Å². The van der Waals surface area contributed by atoms with Gasteiger partial charge in [-0.3, -0.25) is 10.2 Å². The van der Waals surface area contributed by atoms with Crippen LogP contribution in [-0.2, 0) is 9.53 Å². The van der Waals surface area contributed by atoms with Crippen molar-refractivity contribution in [2.75, 3.05) is 26.3 Å². The Hall–Kier alpha value is -3.17. The van der Waals surface area contributed by atoms with Crippen LogP contribution in [-0.4, -0.2) is 62.9 Å². The van der Waals surface area contributed by atoms with Crippen LogP contribution in [0, 0.1) is 26.2 Å². The van der Waals surface area contributed by atoms with Crippen LogP contribution in [0.3, 0.4) is 0 Å². The van der Waals surface area contributed by atoms with Gasteiger partial charge in [0, 0.05) is 30.2 Å². The van der Waals surface area contributed by atoms with E-state index in [0.717, 1.165) is 40.9 Å². The molecule has 1 N–H and O–H groups in total. The number of fused-ring (bicyclic) bond motifs is 1. The van der Waals surface area contributed by atoms with E-state index in [9.17, 15) is 4.79 Å². The van der Waals surface area contributed by atoms with Gasteiger partial charge < -0.3 is 14.2 Å². The number of aliphatic imine (C=N–C) groups is 1. The van der Waals surface area contributed by atoms with Gasteiger partial charge in [0.2, 0.25) is 5.17 Å². The lowest BCUT2D eigenvalue weighted by atomic mass is 10.1. The van der Waals surface area contributed by atoms with Crippen molar-refractivity contribution in [3.63, 3.8) is 0 Å². The van der Waals surface area contributed by atoms with Gasteiger partial charge in [-0.05, 0) is 62.4 Å². The van der Waals surface area contributed by atoms with Gasteiger partial charge in [-0.25, -0.2) is 0 Å². The fraction of sp³-hybridized carbons (Fsp3) is 0.304. The number of hydrazone groups is 1. The second kappa shape index (κ2) is 8.07. The summed E-state index contributed by atoms with van der Waals surface area (Å²) in [6, 6.07) is 10.4. The van der Waals surface area contributed by atoms with E-state index in [2.05, 4.69) is 50.8 Å². The topological polar surface area (TPSA) is 86.3 Å². The normalized spacial score (nSPS) is 20.0. The average Bonchev–Trinajstić information content (AvgIpc) is 3.33. The third-order valence-electron chi connectivity index (χ3n) is 5.79. The molecule has 2 aromatic rings. The van der Waals surface area contributed by atoms with Gasteiger partial charge in [0.25, 0.3) is 5.91 Å². The van der Waals surface area contributed by atoms with E-state index in [1.807, 2.05) is 19.9 Å². The third kappa shape index (κ3) is 3.57. The number of hydrogen-bond donors (Lipinski definition) is 1. The molecule has 5 rings (SSSR count). The zero-order valence-electron chi connectivity index (χ0n) is 18.3. The number of benzene rings is 1. The molecule has 1 aromatic heterocycles. The molecule has 0 aliphatic carbocycles. The van der Waals surface area contributed by atoms with E-state index < -0.39 is 5.91 Å². The fourth-order valence-corrected chi connectivity index (χ4v) is 4.99. The summed E-state index contributed by atoms with van der Waals surface area (Å²) < 4.78 is 7.55. The minimum absolute atomic E-state index is 0.0518. The van der Waals surface area contributed by atoms with Crippen molar-refractivity contribution >= 4 is 39.9 Å². The summed E-state index contributed by atoms with van der Waals surface area (Å²) in [5.74, 6) is -0.358. The van der Waals surface area contributed by atoms with Crippen LogP contribution in [0.5, 0.6) is 0 Å². The molecular weight excluding hydrogens is 424 g/mol. The molecule has 1 aromatic carbocycles. The first kappa shape index (κ1) is 20.7. The number of hydrogen-bond acceptors (Lipinski definition) is 6. The number of amidine groups is 3. The largest absolute Gasteiger partial charge is 0.378 e. The first-order valence-electron chi connectivity index (χ1n) is 10.5. The van der Waals surface area contributed by atoms with E-state index in [4.69, 9.17) is 10.1 Å². The summed E-state index contributed by atoms with van der Waals surface area (Å²) in [5, 5.41) is 15.9. The lowest BCUT2D eigenvalue weighted by Crippen LogP contribution is -2.39. The second-order valence-electron chi connectivity index (χ2n) is 8.00. The monoisotopic (exact) mass is 448 g/mol. The standard InChI is InChI=1S/C23H24N6O2S/c1-14-4-6-18(7-5-14)28-15(2)12-17(16(28)3)13-19-20(24)29-22(25-21(19)30)32-23(26-29)27-8-10-31-11-9-27/h4-7,12-13,24H,8-11H2,1-3H3/b19-13-,24-20?. The Morgan fingerprint density at radius 1 is 1.09 bits per heavy atom. The van der Waals surface area contributed by atoms with Gasteiger partial charge in [0.15, 0.2) is 11.0 Å². The third-order valence-corrected chi connectivity index (χ3v) is 6.76. The summed E-state index contributed by atoms with van der Waals surface area (Å²) in [5.41, 5.74) is 5.46. The van der Waals surface area contributed by atoms with Crippen LogP contribution in [0.25, 0.3) is 11.8 Å². The Morgan fingerprint density at radius 3 is 2.53 bits per heavy atom.